The summed E-state index contributed by atoms with van der Waals surface area (Å²) in [6, 6.07) is 31.7. The van der Waals surface area contributed by atoms with Crippen LogP contribution in [0.15, 0.2) is 91.0 Å². The molecule has 0 heterocycles. The molecular weight excluding hydrogens is 292 g/mol. The average Bonchev–Trinajstić information content (AvgIpc) is 2.67. The van der Waals surface area contributed by atoms with Gasteiger partial charge >= 0.3 is 0 Å². The van der Waals surface area contributed by atoms with Gasteiger partial charge in [0.1, 0.15) is 5.75 Å². The van der Waals surface area contributed by atoms with Crippen molar-refractivity contribution in [3.63, 3.8) is 0 Å². The Hall–Kier alpha value is -3.06. The standard InChI is InChI=1S/C23H18O/c1-24-23-13-6-5-11-22(23)21-12-7-10-19-16-18(14-15-20(19)21)17-8-3-2-4-9-17/h2-16H,1H3. The van der Waals surface area contributed by atoms with Crippen LogP contribution in [0.25, 0.3) is 33.0 Å². The zero-order chi connectivity index (χ0) is 16.4. The fourth-order valence-corrected chi connectivity index (χ4v) is 3.20. The molecule has 4 aromatic carbocycles. The van der Waals surface area contributed by atoms with E-state index < -0.39 is 0 Å². The van der Waals surface area contributed by atoms with Crippen molar-refractivity contribution in [1.29, 1.82) is 0 Å². The molecule has 116 valence electrons. The summed E-state index contributed by atoms with van der Waals surface area (Å²) >= 11 is 0. The van der Waals surface area contributed by atoms with Crippen LogP contribution < -0.4 is 4.74 Å². The van der Waals surface area contributed by atoms with Crippen molar-refractivity contribution in [2.24, 2.45) is 0 Å². The quantitative estimate of drug-likeness (QED) is 0.439. The van der Waals surface area contributed by atoms with Crippen LogP contribution in [0, 0.1) is 0 Å². The minimum absolute atomic E-state index is 0.900. The summed E-state index contributed by atoms with van der Waals surface area (Å²) in [5.74, 6) is 0.900. The molecule has 0 aliphatic heterocycles. The molecule has 0 N–H and O–H groups in total. The number of ether oxygens (including phenoxy) is 1. The van der Waals surface area contributed by atoms with Gasteiger partial charge in [0, 0.05) is 5.56 Å². The molecule has 1 nitrogen and oxygen atoms in total. The predicted octanol–water partition coefficient (Wildman–Crippen LogP) is 6.18. The van der Waals surface area contributed by atoms with Gasteiger partial charge in [-0.1, -0.05) is 78.9 Å². The monoisotopic (exact) mass is 310 g/mol. The van der Waals surface area contributed by atoms with E-state index in [-0.39, 0.29) is 0 Å². The van der Waals surface area contributed by atoms with E-state index in [1.165, 1.54) is 27.5 Å². The Morgan fingerprint density at radius 3 is 2.17 bits per heavy atom. The molecule has 0 fully saturated rings. The van der Waals surface area contributed by atoms with Crippen LogP contribution in [0.5, 0.6) is 5.75 Å². The van der Waals surface area contributed by atoms with Crippen molar-refractivity contribution in [2.75, 3.05) is 7.11 Å². The second-order valence-electron chi connectivity index (χ2n) is 5.81. The van der Waals surface area contributed by atoms with Crippen LogP contribution in [0.1, 0.15) is 0 Å². The highest BCUT2D eigenvalue weighted by atomic mass is 16.5. The maximum Gasteiger partial charge on any atom is 0.126 e. The van der Waals surface area contributed by atoms with Crippen molar-refractivity contribution in [3.05, 3.63) is 91.0 Å². The van der Waals surface area contributed by atoms with E-state index in [1.54, 1.807) is 7.11 Å². The Kier molecular flexibility index (Phi) is 3.76. The Balaban J connectivity index is 1.90. The molecule has 0 aromatic heterocycles. The number of benzene rings is 4. The molecule has 0 unspecified atom stereocenters. The third kappa shape index (κ3) is 2.55. The minimum atomic E-state index is 0.900. The molecule has 0 saturated heterocycles. The van der Waals surface area contributed by atoms with Gasteiger partial charge in [-0.05, 0) is 39.6 Å². The van der Waals surface area contributed by atoms with E-state index in [0.717, 1.165) is 11.3 Å². The van der Waals surface area contributed by atoms with Crippen molar-refractivity contribution >= 4 is 10.8 Å². The number of fused-ring (bicyclic) bond motifs is 1. The van der Waals surface area contributed by atoms with Gasteiger partial charge in [-0.3, -0.25) is 0 Å². The number of methoxy groups -OCH3 is 1. The lowest BCUT2D eigenvalue weighted by Gasteiger charge is -2.12. The third-order valence-electron chi connectivity index (χ3n) is 4.38. The van der Waals surface area contributed by atoms with E-state index in [1.807, 2.05) is 18.2 Å². The Morgan fingerprint density at radius 1 is 0.583 bits per heavy atom. The molecule has 4 aromatic rings. The summed E-state index contributed by atoms with van der Waals surface area (Å²) in [5, 5.41) is 2.47. The lowest BCUT2D eigenvalue weighted by Crippen LogP contribution is -1.88. The number of rotatable bonds is 3. The fourth-order valence-electron chi connectivity index (χ4n) is 3.20. The molecule has 1 heteroatoms. The highest BCUT2D eigenvalue weighted by molar-refractivity contribution is 5.99. The molecule has 0 aliphatic rings. The van der Waals surface area contributed by atoms with E-state index in [9.17, 15) is 0 Å². The lowest BCUT2D eigenvalue weighted by molar-refractivity contribution is 0.416. The van der Waals surface area contributed by atoms with E-state index in [4.69, 9.17) is 4.74 Å². The molecule has 0 amide bonds. The lowest BCUT2D eigenvalue weighted by atomic mass is 9.95. The van der Waals surface area contributed by atoms with Gasteiger partial charge in [-0.15, -0.1) is 0 Å². The highest BCUT2D eigenvalue weighted by Crippen LogP contribution is 2.36. The Bertz CT molecular complexity index is 987. The Morgan fingerprint density at radius 2 is 1.33 bits per heavy atom. The molecule has 4 rings (SSSR count). The smallest absolute Gasteiger partial charge is 0.126 e. The topological polar surface area (TPSA) is 9.23 Å². The first-order chi connectivity index (χ1) is 11.9. The zero-order valence-electron chi connectivity index (χ0n) is 13.6. The van der Waals surface area contributed by atoms with Gasteiger partial charge in [0.05, 0.1) is 7.11 Å². The van der Waals surface area contributed by atoms with Gasteiger partial charge in [-0.2, -0.15) is 0 Å². The summed E-state index contributed by atoms with van der Waals surface area (Å²) in [7, 11) is 1.72. The van der Waals surface area contributed by atoms with Gasteiger partial charge < -0.3 is 4.74 Å². The van der Waals surface area contributed by atoms with E-state index in [2.05, 4.69) is 72.8 Å². The largest absolute Gasteiger partial charge is 0.496 e. The van der Waals surface area contributed by atoms with Gasteiger partial charge in [0.25, 0.3) is 0 Å². The minimum Gasteiger partial charge on any atom is -0.496 e. The molecule has 0 spiro atoms. The first-order valence-electron chi connectivity index (χ1n) is 8.08. The number of para-hydroxylation sites is 1. The van der Waals surface area contributed by atoms with E-state index in [0.29, 0.717) is 0 Å². The molecule has 0 saturated carbocycles. The van der Waals surface area contributed by atoms with Crippen LogP contribution in [-0.2, 0) is 0 Å². The summed E-state index contributed by atoms with van der Waals surface area (Å²) in [5.41, 5.74) is 4.80. The maximum atomic E-state index is 5.54. The van der Waals surface area contributed by atoms with Gasteiger partial charge in [-0.25, -0.2) is 0 Å². The van der Waals surface area contributed by atoms with Gasteiger partial charge in [0.2, 0.25) is 0 Å². The van der Waals surface area contributed by atoms with Crippen LogP contribution in [0.3, 0.4) is 0 Å². The molecule has 0 radical (unpaired) electrons. The zero-order valence-corrected chi connectivity index (χ0v) is 13.6. The molecular formula is C23H18O. The van der Waals surface area contributed by atoms with Crippen LogP contribution in [0.2, 0.25) is 0 Å². The van der Waals surface area contributed by atoms with E-state index >= 15 is 0 Å². The summed E-state index contributed by atoms with van der Waals surface area (Å²) in [4.78, 5) is 0. The normalized spacial score (nSPS) is 10.7. The SMILES string of the molecule is COc1ccccc1-c1cccc2cc(-c3ccccc3)ccc12. The Labute approximate surface area is 142 Å². The molecule has 0 bridgehead atoms. The van der Waals surface area contributed by atoms with Crippen molar-refractivity contribution in [2.45, 2.75) is 0 Å². The first kappa shape index (κ1) is 14.5. The van der Waals surface area contributed by atoms with Crippen molar-refractivity contribution in [3.8, 4) is 28.0 Å². The summed E-state index contributed by atoms with van der Waals surface area (Å²) in [6.07, 6.45) is 0. The summed E-state index contributed by atoms with van der Waals surface area (Å²) < 4.78 is 5.54. The first-order valence-corrected chi connectivity index (χ1v) is 8.08. The second kappa shape index (κ2) is 6.21. The maximum absolute atomic E-state index is 5.54. The fraction of sp³-hybridized carbons (Fsp3) is 0.0435. The second-order valence-corrected chi connectivity index (χ2v) is 5.81. The molecule has 24 heavy (non-hydrogen) atoms. The van der Waals surface area contributed by atoms with Crippen LogP contribution in [-0.4, -0.2) is 7.11 Å². The highest BCUT2D eigenvalue weighted by Gasteiger charge is 2.09. The molecule has 0 atom stereocenters. The van der Waals surface area contributed by atoms with Crippen LogP contribution in [0.4, 0.5) is 0 Å². The number of hydrogen-bond donors (Lipinski definition) is 0. The molecule has 0 aliphatic carbocycles. The van der Waals surface area contributed by atoms with Crippen molar-refractivity contribution in [1.82, 2.24) is 0 Å². The third-order valence-corrected chi connectivity index (χ3v) is 4.38. The summed E-state index contributed by atoms with van der Waals surface area (Å²) in [6.45, 7) is 0. The number of hydrogen-bond acceptors (Lipinski definition) is 1. The predicted molar refractivity (Wildman–Crippen MR) is 101 cm³/mol. The van der Waals surface area contributed by atoms with Crippen LogP contribution >= 0.6 is 0 Å². The van der Waals surface area contributed by atoms with Gasteiger partial charge in [0.15, 0.2) is 0 Å². The van der Waals surface area contributed by atoms with Crippen molar-refractivity contribution < 1.29 is 4.74 Å². The average molecular weight is 310 g/mol.